The van der Waals surface area contributed by atoms with Crippen molar-refractivity contribution in [1.29, 1.82) is 0 Å². The number of aliphatic hydroxyl groups excluding tert-OH is 1. The quantitative estimate of drug-likeness (QED) is 0.580. The Morgan fingerprint density at radius 2 is 1.88 bits per heavy atom. The first-order valence-corrected chi connectivity index (χ1v) is 6.25. The van der Waals surface area contributed by atoms with Gasteiger partial charge in [-0.05, 0) is 25.7 Å². The molecular formula is C12H21NO4. The van der Waals surface area contributed by atoms with Gasteiger partial charge in [0.1, 0.15) is 0 Å². The normalized spacial score (nSPS) is 23.6. The smallest absolute Gasteiger partial charge is 0.303 e. The highest BCUT2D eigenvalue weighted by atomic mass is 16.4. The second-order valence-electron chi connectivity index (χ2n) is 4.65. The molecule has 5 heteroatoms. The lowest BCUT2D eigenvalue weighted by molar-refractivity contribution is -0.137. The molecule has 1 fully saturated rings. The highest BCUT2D eigenvalue weighted by molar-refractivity contribution is 5.76. The van der Waals surface area contributed by atoms with Crippen molar-refractivity contribution in [2.75, 3.05) is 6.61 Å². The molecule has 5 nitrogen and oxygen atoms in total. The molecule has 1 rings (SSSR count). The number of aliphatic hydroxyl groups is 1. The molecule has 1 aliphatic rings. The Morgan fingerprint density at radius 3 is 2.53 bits per heavy atom. The van der Waals surface area contributed by atoms with E-state index in [1.165, 1.54) is 0 Å². The van der Waals surface area contributed by atoms with Crippen molar-refractivity contribution in [3.8, 4) is 0 Å². The summed E-state index contributed by atoms with van der Waals surface area (Å²) in [6.07, 6.45) is 4.60. The largest absolute Gasteiger partial charge is 0.481 e. The number of carbonyl (C=O) groups is 2. The van der Waals surface area contributed by atoms with E-state index in [2.05, 4.69) is 5.32 Å². The fourth-order valence-electron chi connectivity index (χ4n) is 2.29. The van der Waals surface area contributed by atoms with Crippen LogP contribution >= 0.6 is 0 Å². The molecule has 0 radical (unpaired) electrons. The van der Waals surface area contributed by atoms with Gasteiger partial charge in [0, 0.05) is 31.4 Å². The molecule has 17 heavy (non-hydrogen) atoms. The van der Waals surface area contributed by atoms with Crippen LogP contribution in [0.1, 0.15) is 44.9 Å². The molecule has 0 aromatic heterocycles. The number of unbranched alkanes of at least 4 members (excludes halogenated alkanes) is 1. The first-order chi connectivity index (χ1) is 8.13. The van der Waals surface area contributed by atoms with Gasteiger partial charge in [-0.25, -0.2) is 0 Å². The summed E-state index contributed by atoms with van der Waals surface area (Å²) in [5.41, 5.74) is 0. The van der Waals surface area contributed by atoms with E-state index < -0.39 is 5.97 Å². The lowest BCUT2D eigenvalue weighted by Crippen LogP contribution is -2.38. The Morgan fingerprint density at radius 1 is 1.18 bits per heavy atom. The summed E-state index contributed by atoms with van der Waals surface area (Å²) in [4.78, 5) is 21.8. The van der Waals surface area contributed by atoms with E-state index in [9.17, 15) is 9.59 Å². The van der Waals surface area contributed by atoms with Gasteiger partial charge < -0.3 is 15.5 Å². The number of rotatable bonds is 7. The molecule has 98 valence electrons. The van der Waals surface area contributed by atoms with Crippen molar-refractivity contribution < 1.29 is 19.8 Å². The molecule has 1 aliphatic carbocycles. The predicted octanol–water partition coefficient (Wildman–Crippen LogP) is 0.909. The van der Waals surface area contributed by atoms with Gasteiger partial charge in [-0.2, -0.15) is 0 Å². The standard InChI is InChI=1S/C12H21NO4/c14-8-9-4-3-5-10(9)13-11(15)6-1-2-7-12(16)17/h9-10,14H,1-8H2,(H,13,15)(H,16,17). The maximum absolute atomic E-state index is 11.6. The van der Waals surface area contributed by atoms with Gasteiger partial charge in [-0.1, -0.05) is 6.42 Å². The molecule has 0 aromatic carbocycles. The maximum Gasteiger partial charge on any atom is 0.303 e. The van der Waals surface area contributed by atoms with Crippen molar-refractivity contribution in [3.05, 3.63) is 0 Å². The third-order valence-corrected chi connectivity index (χ3v) is 3.28. The van der Waals surface area contributed by atoms with Crippen LogP contribution in [0.3, 0.4) is 0 Å². The average molecular weight is 243 g/mol. The fourth-order valence-corrected chi connectivity index (χ4v) is 2.29. The van der Waals surface area contributed by atoms with E-state index in [0.29, 0.717) is 19.3 Å². The number of carboxylic acid groups (broad SMARTS) is 1. The van der Waals surface area contributed by atoms with E-state index in [-0.39, 0.29) is 30.9 Å². The van der Waals surface area contributed by atoms with E-state index >= 15 is 0 Å². The Kier molecular flexibility index (Phi) is 5.97. The Hall–Kier alpha value is -1.10. The molecule has 2 atom stereocenters. The van der Waals surface area contributed by atoms with Crippen LogP contribution in [-0.4, -0.2) is 34.7 Å². The average Bonchev–Trinajstić information content (AvgIpc) is 2.71. The third kappa shape index (κ3) is 5.17. The van der Waals surface area contributed by atoms with E-state index in [4.69, 9.17) is 10.2 Å². The zero-order valence-electron chi connectivity index (χ0n) is 10.0. The summed E-state index contributed by atoms with van der Waals surface area (Å²) in [7, 11) is 0. The van der Waals surface area contributed by atoms with Crippen molar-refractivity contribution in [1.82, 2.24) is 5.32 Å². The molecule has 0 saturated heterocycles. The molecule has 0 bridgehead atoms. The van der Waals surface area contributed by atoms with Gasteiger partial charge in [-0.3, -0.25) is 9.59 Å². The number of hydrogen-bond donors (Lipinski definition) is 3. The summed E-state index contributed by atoms with van der Waals surface area (Å²) in [6, 6.07) is 0.104. The summed E-state index contributed by atoms with van der Waals surface area (Å²) in [5, 5.41) is 20.5. The second-order valence-corrected chi connectivity index (χ2v) is 4.65. The van der Waals surface area contributed by atoms with Gasteiger partial charge in [0.25, 0.3) is 0 Å². The van der Waals surface area contributed by atoms with Crippen LogP contribution in [0.2, 0.25) is 0 Å². The predicted molar refractivity (Wildman–Crippen MR) is 62.5 cm³/mol. The highest BCUT2D eigenvalue weighted by Crippen LogP contribution is 2.25. The maximum atomic E-state index is 11.6. The molecule has 2 unspecified atom stereocenters. The zero-order valence-corrected chi connectivity index (χ0v) is 10.0. The van der Waals surface area contributed by atoms with E-state index in [1.807, 2.05) is 0 Å². The van der Waals surface area contributed by atoms with E-state index in [0.717, 1.165) is 19.3 Å². The second kappa shape index (κ2) is 7.27. The van der Waals surface area contributed by atoms with Crippen molar-refractivity contribution in [2.24, 2.45) is 5.92 Å². The molecule has 0 aliphatic heterocycles. The lowest BCUT2D eigenvalue weighted by Gasteiger charge is -2.18. The van der Waals surface area contributed by atoms with Gasteiger partial charge in [0.2, 0.25) is 5.91 Å². The number of amides is 1. The van der Waals surface area contributed by atoms with Gasteiger partial charge in [-0.15, -0.1) is 0 Å². The minimum atomic E-state index is -0.818. The van der Waals surface area contributed by atoms with Gasteiger partial charge >= 0.3 is 5.97 Å². The Bertz CT molecular complexity index is 267. The number of carboxylic acids is 1. The molecule has 1 saturated carbocycles. The number of aliphatic carboxylic acids is 1. The Balaban J connectivity index is 2.14. The van der Waals surface area contributed by atoms with Crippen molar-refractivity contribution in [3.63, 3.8) is 0 Å². The first kappa shape index (κ1) is 14.0. The molecule has 0 aromatic rings. The number of carbonyl (C=O) groups excluding carboxylic acids is 1. The lowest BCUT2D eigenvalue weighted by atomic mass is 10.0. The molecule has 3 N–H and O–H groups in total. The van der Waals surface area contributed by atoms with Crippen LogP contribution in [0.5, 0.6) is 0 Å². The van der Waals surface area contributed by atoms with Gasteiger partial charge in [0.15, 0.2) is 0 Å². The van der Waals surface area contributed by atoms with Crippen LogP contribution in [0.4, 0.5) is 0 Å². The van der Waals surface area contributed by atoms with E-state index in [1.54, 1.807) is 0 Å². The molecule has 0 heterocycles. The van der Waals surface area contributed by atoms with Gasteiger partial charge in [0.05, 0.1) is 0 Å². The van der Waals surface area contributed by atoms with Crippen molar-refractivity contribution in [2.45, 2.75) is 51.0 Å². The summed E-state index contributed by atoms with van der Waals surface area (Å²) < 4.78 is 0. The topological polar surface area (TPSA) is 86.6 Å². The fraction of sp³-hybridized carbons (Fsp3) is 0.833. The van der Waals surface area contributed by atoms with Crippen LogP contribution in [-0.2, 0) is 9.59 Å². The highest BCUT2D eigenvalue weighted by Gasteiger charge is 2.27. The van der Waals surface area contributed by atoms with Crippen LogP contribution in [0, 0.1) is 5.92 Å². The third-order valence-electron chi connectivity index (χ3n) is 3.28. The first-order valence-electron chi connectivity index (χ1n) is 6.25. The molecule has 0 spiro atoms. The van der Waals surface area contributed by atoms with Crippen LogP contribution < -0.4 is 5.32 Å². The minimum absolute atomic E-state index is 0.0271. The van der Waals surface area contributed by atoms with Crippen LogP contribution in [0.25, 0.3) is 0 Å². The molecular weight excluding hydrogens is 222 g/mol. The monoisotopic (exact) mass is 243 g/mol. The molecule has 1 amide bonds. The summed E-state index contributed by atoms with van der Waals surface area (Å²) in [6.45, 7) is 0.129. The minimum Gasteiger partial charge on any atom is -0.481 e. The van der Waals surface area contributed by atoms with Crippen molar-refractivity contribution >= 4 is 11.9 Å². The number of hydrogen-bond acceptors (Lipinski definition) is 3. The summed E-state index contributed by atoms with van der Waals surface area (Å²) in [5.74, 6) is -0.653. The van der Waals surface area contributed by atoms with Crippen LogP contribution in [0.15, 0.2) is 0 Å². The SMILES string of the molecule is O=C(O)CCCCC(=O)NC1CCCC1CO. The zero-order chi connectivity index (χ0) is 12.7. The summed E-state index contributed by atoms with van der Waals surface area (Å²) >= 11 is 0. The Labute approximate surface area is 101 Å². The number of nitrogens with one attached hydrogen (secondary N) is 1.